The van der Waals surface area contributed by atoms with Gasteiger partial charge in [0.05, 0.1) is 31.8 Å². The third-order valence-corrected chi connectivity index (χ3v) is 5.21. The number of guanidine groups is 1. The SMILES string of the molecule is CCNC(=NCC1(CO)COC1)NCC1(CC(C)C)CCCC1.I. The number of hydrogen-bond donors (Lipinski definition) is 3. The maximum Gasteiger partial charge on any atom is 0.191 e. The van der Waals surface area contributed by atoms with Gasteiger partial charge >= 0.3 is 0 Å². The van der Waals surface area contributed by atoms with E-state index in [4.69, 9.17) is 9.73 Å². The Hall–Kier alpha value is -0.0800. The Bertz CT molecular complexity index is 386. The number of halogens is 1. The van der Waals surface area contributed by atoms with E-state index in [0.29, 0.717) is 25.2 Å². The van der Waals surface area contributed by atoms with E-state index in [9.17, 15) is 5.11 Å². The third-order valence-electron chi connectivity index (χ3n) is 5.21. The number of ether oxygens (including phenoxy) is 1. The molecule has 0 unspecified atom stereocenters. The molecular formula is C18H36IN3O2. The Morgan fingerprint density at radius 3 is 2.29 bits per heavy atom. The standard InChI is InChI=1S/C18H35N3O2.HI/c1-4-19-16(21-11-18(12-22)13-23-14-18)20-10-17(9-15(2)3)7-5-6-8-17;/h15,22H,4-14H2,1-3H3,(H2,19,20,21);1H. The van der Waals surface area contributed by atoms with Crippen molar-refractivity contribution in [3.63, 3.8) is 0 Å². The van der Waals surface area contributed by atoms with Crippen molar-refractivity contribution < 1.29 is 9.84 Å². The fourth-order valence-electron chi connectivity index (χ4n) is 3.93. The fraction of sp³-hybridized carbons (Fsp3) is 0.944. The van der Waals surface area contributed by atoms with Gasteiger partial charge in [0.2, 0.25) is 0 Å². The van der Waals surface area contributed by atoms with Gasteiger partial charge in [0.15, 0.2) is 5.96 Å². The van der Waals surface area contributed by atoms with Crippen LogP contribution in [0.25, 0.3) is 0 Å². The summed E-state index contributed by atoms with van der Waals surface area (Å²) in [4.78, 5) is 4.70. The Morgan fingerprint density at radius 2 is 1.83 bits per heavy atom. The van der Waals surface area contributed by atoms with Gasteiger partial charge in [0, 0.05) is 13.1 Å². The summed E-state index contributed by atoms with van der Waals surface area (Å²) < 4.78 is 5.25. The first-order valence-corrected chi connectivity index (χ1v) is 9.24. The molecule has 2 rings (SSSR count). The smallest absolute Gasteiger partial charge is 0.191 e. The lowest BCUT2D eigenvalue weighted by Gasteiger charge is -2.38. The third kappa shape index (κ3) is 6.02. The van der Waals surface area contributed by atoms with Crippen molar-refractivity contribution in [1.29, 1.82) is 0 Å². The van der Waals surface area contributed by atoms with E-state index >= 15 is 0 Å². The molecule has 5 nitrogen and oxygen atoms in total. The van der Waals surface area contributed by atoms with E-state index in [1.165, 1.54) is 32.1 Å². The van der Waals surface area contributed by atoms with Crippen molar-refractivity contribution in [2.24, 2.45) is 21.7 Å². The monoisotopic (exact) mass is 453 g/mol. The lowest BCUT2D eigenvalue weighted by Crippen LogP contribution is -2.49. The number of aliphatic imine (C=N–C) groups is 1. The number of aliphatic hydroxyl groups is 1. The van der Waals surface area contributed by atoms with E-state index in [1.807, 2.05) is 0 Å². The molecule has 3 N–H and O–H groups in total. The van der Waals surface area contributed by atoms with Crippen LogP contribution >= 0.6 is 24.0 Å². The molecule has 0 aromatic carbocycles. The van der Waals surface area contributed by atoms with Gasteiger partial charge in [-0.15, -0.1) is 24.0 Å². The molecule has 1 heterocycles. The second-order valence-electron chi connectivity index (χ2n) is 8.00. The topological polar surface area (TPSA) is 65.9 Å². The number of aliphatic hydroxyl groups excluding tert-OH is 1. The highest BCUT2D eigenvalue weighted by Gasteiger charge is 2.38. The number of nitrogens with one attached hydrogen (secondary N) is 2. The zero-order valence-electron chi connectivity index (χ0n) is 15.6. The minimum atomic E-state index is -0.161. The summed E-state index contributed by atoms with van der Waals surface area (Å²) in [6, 6.07) is 0. The highest BCUT2D eigenvalue weighted by molar-refractivity contribution is 14.0. The van der Waals surface area contributed by atoms with Crippen molar-refractivity contribution in [1.82, 2.24) is 10.6 Å². The second-order valence-corrected chi connectivity index (χ2v) is 8.00. The van der Waals surface area contributed by atoms with Gasteiger partial charge in [0.1, 0.15) is 0 Å². The molecule has 1 saturated carbocycles. The first kappa shape index (κ1) is 22.0. The van der Waals surface area contributed by atoms with Gasteiger partial charge in [-0.1, -0.05) is 26.7 Å². The molecular weight excluding hydrogens is 417 g/mol. The molecule has 0 aromatic rings. The Morgan fingerprint density at radius 1 is 1.17 bits per heavy atom. The van der Waals surface area contributed by atoms with E-state index in [-0.39, 0.29) is 36.0 Å². The Labute approximate surface area is 164 Å². The van der Waals surface area contributed by atoms with Crippen LogP contribution in [-0.2, 0) is 4.74 Å². The van der Waals surface area contributed by atoms with E-state index in [0.717, 1.165) is 25.0 Å². The lowest BCUT2D eigenvalue weighted by atomic mass is 9.78. The molecule has 1 aliphatic heterocycles. The van der Waals surface area contributed by atoms with Gasteiger partial charge in [-0.25, -0.2) is 0 Å². The summed E-state index contributed by atoms with van der Waals surface area (Å²) in [5, 5.41) is 16.4. The zero-order valence-corrected chi connectivity index (χ0v) is 17.9. The first-order chi connectivity index (χ1) is 11.0. The molecule has 2 aliphatic rings. The second kappa shape index (κ2) is 10.2. The van der Waals surface area contributed by atoms with Gasteiger partial charge in [-0.05, 0) is 37.5 Å². The van der Waals surface area contributed by atoms with E-state index in [1.54, 1.807) is 0 Å². The van der Waals surface area contributed by atoms with Crippen molar-refractivity contribution in [2.75, 3.05) is 39.5 Å². The van der Waals surface area contributed by atoms with Gasteiger partial charge < -0.3 is 20.5 Å². The molecule has 0 radical (unpaired) electrons. The van der Waals surface area contributed by atoms with E-state index in [2.05, 4.69) is 31.4 Å². The van der Waals surface area contributed by atoms with Crippen LogP contribution in [0.2, 0.25) is 0 Å². The highest BCUT2D eigenvalue weighted by atomic mass is 127. The summed E-state index contributed by atoms with van der Waals surface area (Å²) in [5.41, 5.74) is 0.268. The summed E-state index contributed by atoms with van der Waals surface area (Å²) >= 11 is 0. The number of hydrogen-bond acceptors (Lipinski definition) is 3. The maximum atomic E-state index is 9.53. The average molecular weight is 453 g/mol. The molecule has 24 heavy (non-hydrogen) atoms. The highest BCUT2D eigenvalue weighted by Crippen LogP contribution is 2.42. The summed E-state index contributed by atoms with van der Waals surface area (Å²) in [7, 11) is 0. The van der Waals surface area contributed by atoms with Gasteiger partial charge in [0.25, 0.3) is 0 Å². The van der Waals surface area contributed by atoms with Crippen molar-refractivity contribution >= 4 is 29.9 Å². The average Bonchev–Trinajstić information content (AvgIpc) is 2.92. The molecule has 0 aromatic heterocycles. The molecule has 2 fully saturated rings. The summed E-state index contributed by atoms with van der Waals surface area (Å²) in [6.45, 7) is 10.6. The zero-order chi connectivity index (χ0) is 16.8. The minimum Gasteiger partial charge on any atom is -0.396 e. The predicted octanol–water partition coefficient (Wildman–Crippen LogP) is 2.77. The van der Waals surface area contributed by atoms with Crippen molar-refractivity contribution in [3.05, 3.63) is 0 Å². The molecule has 6 heteroatoms. The van der Waals surface area contributed by atoms with Crippen molar-refractivity contribution in [3.8, 4) is 0 Å². The lowest BCUT2D eigenvalue weighted by molar-refractivity contribution is -0.130. The van der Waals surface area contributed by atoms with Crippen LogP contribution in [0.15, 0.2) is 4.99 Å². The quantitative estimate of drug-likeness (QED) is 0.301. The first-order valence-electron chi connectivity index (χ1n) is 9.24. The molecule has 1 aliphatic carbocycles. The van der Waals surface area contributed by atoms with Crippen LogP contribution < -0.4 is 10.6 Å². The predicted molar refractivity (Wildman–Crippen MR) is 110 cm³/mol. The normalized spacial score (nSPS) is 22.0. The largest absolute Gasteiger partial charge is 0.396 e. The molecule has 142 valence electrons. The van der Waals surface area contributed by atoms with Crippen LogP contribution in [-0.4, -0.2) is 50.5 Å². The van der Waals surface area contributed by atoms with Crippen LogP contribution in [0.4, 0.5) is 0 Å². The van der Waals surface area contributed by atoms with Crippen LogP contribution in [0, 0.1) is 16.7 Å². The number of rotatable bonds is 8. The van der Waals surface area contributed by atoms with Crippen LogP contribution in [0.5, 0.6) is 0 Å². The molecule has 0 amide bonds. The molecule has 0 atom stereocenters. The van der Waals surface area contributed by atoms with Crippen LogP contribution in [0.1, 0.15) is 52.9 Å². The van der Waals surface area contributed by atoms with E-state index < -0.39 is 0 Å². The fourth-order valence-corrected chi connectivity index (χ4v) is 3.93. The number of nitrogens with zero attached hydrogens (tertiary/aromatic N) is 1. The summed E-state index contributed by atoms with van der Waals surface area (Å²) in [5.74, 6) is 1.61. The minimum absolute atomic E-state index is 0. The molecule has 0 spiro atoms. The molecule has 1 saturated heterocycles. The Kier molecular flexibility index (Phi) is 9.30. The Balaban J connectivity index is 0.00000288. The van der Waals surface area contributed by atoms with Gasteiger partial charge in [-0.3, -0.25) is 4.99 Å². The van der Waals surface area contributed by atoms with Gasteiger partial charge in [-0.2, -0.15) is 0 Å². The summed E-state index contributed by atoms with van der Waals surface area (Å²) in [6.07, 6.45) is 6.64. The van der Waals surface area contributed by atoms with Crippen molar-refractivity contribution in [2.45, 2.75) is 52.9 Å². The molecule has 0 bridgehead atoms. The van der Waals surface area contributed by atoms with Crippen LogP contribution in [0.3, 0.4) is 0 Å². The maximum absolute atomic E-state index is 9.53.